The molecular weight excluding hydrogens is 634 g/mol. The van der Waals surface area contributed by atoms with Crippen LogP contribution in [0.4, 0.5) is 0 Å². The number of rotatable bonds is 0. The van der Waals surface area contributed by atoms with Crippen molar-refractivity contribution in [1.29, 1.82) is 0 Å². The zero-order valence-corrected chi connectivity index (χ0v) is 20.5. The molecule has 34 heavy (non-hydrogen) atoms. The molecule has 0 unspecified atom stereocenters. The standard InChI is InChI=1S/6H3O4P.4H2O/c6*1-5(2,3)4;;;;/h6*(H3,1,2,3,4);4*1H2. The van der Waals surface area contributed by atoms with Gasteiger partial charge in [0.2, 0.25) is 0 Å². The summed E-state index contributed by atoms with van der Waals surface area (Å²) in [6.45, 7) is 0. The summed E-state index contributed by atoms with van der Waals surface area (Å²) in [5.41, 5.74) is 0. The topological polar surface area (TPSA) is 593 Å². The van der Waals surface area contributed by atoms with Gasteiger partial charge >= 0.3 is 46.9 Å². The molecule has 224 valence electrons. The highest BCUT2D eigenvalue weighted by atomic mass is 31.2. The highest BCUT2D eigenvalue weighted by Crippen LogP contribution is 2.27. The summed E-state index contributed by atoms with van der Waals surface area (Å²) in [6.07, 6.45) is 0. The third-order valence-electron chi connectivity index (χ3n) is 0. The van der Waals surface area contributed by atoms with E-state index in [1.54, 1.807) is 0 Å². The molecule has 0 fully saturated rings. The largest absolute Gasteiger partial charge is 0.466 e. The van der Waals surface area contributed by atoms with Gasteiger partial charge in [-0.1, -0.05) is 0 Å². The molecule has 0 radical (unpaired) electrons. The van der Waals surface area contributed by atoms with Crippen LogP contribution in [0.2, 0.25) is 0 Å². The number of hydrogen-bond acceptors (Lipinski definition) is 6. The molecule has 0 heterocycles. The monoisotopic (exact) mass is 660 g/mol. The summed E-state index contributed by atoms with van der Waals surface area (Å²) in [7, 11) is -27.8. The van der Waals surface area contributed by atoms with Gasteiger partial charge in [-0.2, -0.15) is 0 Å². The lowest BCUT2D eigenvalue weighted by Crippen LogP contribution is -1.66. The Bertz CT molecular complexity index is 455. The van der Waals surface area contributed by atoms with Crippen molar-refractivity contribution in [2.75, 3.05) is 0 Å². The van der Waals surface area contributed by atoms with Crippen LogP contribution >= 0.6 is 46.9 Å². The molecule has 0 aliphatic heterocycles. The van der Waals surface area contributed by atoms with Gasteiger partial charge in [-0.15, -0.1) is 0 Å². The van der Waals surface area contributed by atoms with Gasteiger partial charge in [-0.25, -0.2) is 27.4 Å². The first-order valence-corrected chi connectivity index (χ1v) is 14.1. The Labute approximate surface area is 185 Å². The van der Waals surface area contributed by atoms with Crippen LogP contribution in [0.1, 0.15) is 0 Å². The van der Waals surface area contributed by atoms with Crippen LogP contribution in [0, 0.1) is 0 Å². The first-order valence-electron chi connectivity index (χ1n) is 4.70. The first-order chi connectivity index (χ1) is 12.0. The lowest BCUT2D eigenvalue weighted by molar-refractivity contribution is 0.272. The Hall–Kier alpha value is 0.500. The Morgan fingerprint density at radius 1 is 0.206 bits per heavy atom. The molecule has 34 heteroatoms. The summed E-state index contributed by atoms with van der Waals surface area (Å²) in [6, 6.07) is 0. The van der Waals surface area contributed by atoms with Crippen LogP contribution in [-0.4, -0.2) is 110 Å². The van der Waals surface area contributed by atoms with Crippen molar-refractivity contribution in [1.82, 2.24) is 0 Å². The Balaban J connectivity index is -0.0000000248. The van der Waals surface area contributed by atoms with Crippen molar-refractivity contribution in [3.05, 3.63) is 0 Å². The van der Waals surface area contributed by atoms with E-state index in [0.29, 0.717) is 0 Å². The van der Waals surface area contributed by atoms with Crippen molar-refractivity contribution in [3.63, 3.8) is 0 Å². The molecule has 0 amide bonds. The predicted molar refractivity (Wildman–Crippen MR) is 100 cm³/mol. The molecule has 0 atom stereocenters. The second-order valence-corrected chi connectivity index (χ2v) is 9.24. The summed E-state index contributed by atoms with van der Waals surface area (Å²) in [5, 5.41) is 0. The van der Waals surface area contributed by atoms with Crippen molar-refractivity contribution < 1.29 is 137 Å². The average molecular weight is 660 g/mol. The van der Waals surface area contributed by atoms with Gasteiger partial charge in [0.25, 0.3) is 0 Å². The molecule has 26 N–H and O–H groups in total. The van der Waals surface area contributed by atoms with Crippen molar-refractivity contribution >= 4 is 46.9 Å². The average Bonchev–Trinajstić information content (AvgIpc) is 1.94. The summed E-state index contributed by atoms with van der Waals surface area (Å²) < 4.78 is 53.3. The van der Waals surface area contributed by atoms with E-state index in [2.05, 4.69) is 0 Å². The highest BCUT2D eigenvalue weighted by Gasteiger charge is 2.02. The van der Waals surface area contributed by atoms with Crippen molar-refractivity contribution in [3.8, 4) is 0 Å². The lowest BCUT2D eigenvalue weighted by atomic mass is 15.8. The summed E-state index contributed by atoms with van der Waals surface area (Å²) >= 11 is 0. The molecule has 0 spiro atoms. The highest BCUT2D eigenvalue weighted by molar-refractivity contribution is 7.46. The number of hydrogen-bond donors (Lipinski definition) is 18. The molecule has 0 aliphatic rings. The Kier molecular flexibility index (Phi) is 50.4. The SMILES string of the molecule is O.O.O.O.O=P(O)(O)O.O=P(O)(O)O.O=P(O)(O)O.O=P(O)(O)O.O=P(O)(O)O.O=P(O)(O)O. The molecule has 0 bridgehead atoms. The quantitative estimate of drug-likeness (QED) is 0.107. The van der Waals surface area contributed by atoms with E-state index in [1.807, 2.05) is 0 Å². The van der Waals surface area contributed by atoms with Gasteiger partial charge in [0, 0.05) is 0 Å². The smallest absolute Gasteiger partial charge is 0.412 e. The van der Waals surface area contributed by atoms with E-state index in [4.69, 9.17) is 115 Å². The van der Waals surface area contributed by atoms with E-state index < -0.39 is 46.9 Å². The van der Waals surface area contributed by atoms with Crippen LogP contribution in [0.3, 0.4) is 0 Å². The van der Waals surface area contributed by atoms with Crippen LogP contribution in [0.5, 0.6) is 0 Å². The zero-order valence-electron chi connectivity index (χ0n) is 15.2. The molecule has 0 aromatic carbocycles. The second kappa shape index (κ2) is 26.6. The first kappa shape index (κ1) is 64.5. The molecule has 0 saturated heterocycles. The molecule has 0 aliphatic carbocycles. The maximum Gasteiger partial charge on any atom is 0.466 e. The lowest BCUT2D eigenvalue weighted by Gasteiger charge is -1.82. The molecule has 0 rings (SSSR count). The summed E-state index contributed by atoms with van der Waals surface area (Å²) in [4.78, 5) is 129. The normalized spacial score (nSPS) is 10.4. The fourth-order valence-corrected chi connectivity index (χ4v) is 0. The molecular formula is H26O28P6. The number of phosphoric acid groups is 6. The van der Waals surface area contributed by atoms with Gasteiger partial charge in [-0.3, -0.25) is 0 Å². The minimum absolute atomic E-state index is 0. The maximum absolute atomic E-state index is 8.88. The van der Waals surface area contributed by atoms with Gasteiger partial charge < -0.3 is 110 Å². The fraction of sp³-hybridized carbons (Fsp3) is 0. The second-order valence-electron chi connectivity index (χ2n) is 3.08. The van der Waals surface area contributed by atoms with Crippen LogP contribution in [0.15, 0.2) is 0 Å². The van der Waals surface area contributed by atoms with Crippen LogP contribution in [0.25, 0.3) is 0 Å². The van der Waals surface area contributed by atoms with E-state index in [9.17, 15) is 0 Å². The molecule has 28 nitrogen and oxygen atoms in total. The fourth-order valence-electron chi connectivity index (χ4n) is 0. The van der Waals surface area contributed by atoms with Gasteiger partial charge in [-0.05, 0) is 0 Å². The van der Waals surface area contributed by atoms with Crippen LogP contribution < -0.4 is 0 Å². The minimum atomic E-state index is -4.64. The molecule has 0 saturated carbocycles. The maximum atomic E-state index is 8.88. The third-order valence-corrected chi connectivity index (χ3v) is 0. The minimum Gasteiger partial charge on any atom is -0.412 e. The van der Waals surface area contributed by atoms with E-state index in [-0.39, 0.29) is 21.9 Å². The van der Waals surface area contributed by atoms with Gasteiger partial charge in [0.1, 0.15) is 0 Å². The Morgan fingerprint density at radius 2 is 0.206 bits per heavy atom. The van der Waals surface area contributed by atoms with E-state index in [0.717, 1.165) is 0 Å². The zero-order chi connectivity index (χ0) is 27.0. The van der Waals surface area contributed by atoms with Crippen molar-refractivity contribution in [2.45, 2.75) is 0 Å². The molecule has 0 aromatic rings. The van der Waals surface area contributed by atoms with E-state index in [1.165, 1.54) is 0 Å². The predicted octanol–water partition coefficient (Wildman–Crippen LogP) is -8.87. The third kappa shape index (κ3) is 129000. The summed E-state index contributed by atoms with van der Waals surface area (Å²) in [5.74, 6) is 0. The van der Waals surface area contributed by atoms with Gasteiger partial charge in [0.15, 0.2) is 0 Å². The van der Waals surface area contributed by atoms with Crippen molar-refractivity contribution in [2.24, 2.45) is 0 Å². The van der Waals surface area contributed by atoms with Crippen LogP contribution in [-0.2, 0) is 27.4 Å². The molecule has 0 aromatic heterocycles. The Morgan fingerprint density at radius 3 is 0.206 bits per heavy atom. The van der Waals surface area contributed by atoms with Gasteiger partial charge in [0.05, 0.1) is 0 Å². The van der Waals surface area contributed by atoms with E-state index >= 15 is 0 Å².